The maximum atomic E-state index is 11.0. The van der Waals surface area contributed by atoms with Crippen molar-refractivity contribution in [1.82, 2.24) is 0 Å². The topological polar surface area (TPSA) is 17.1 Å². The molecule has 0 fully saturated rings. The van der Waals surface area contributed by atoms with E-state index in [2.05, 4.69) is 6.58 Å². The van der Waals surface area contributed by atoms with Crippen molar-refractivity contribution in [1.29, 1.82) is 0 Å². The lowest BCUT2D eigenvalue weighted by Gasteiger charge is -1.90. The van der Waals surface area contributed by atoms with Crippen molar-refractivity contribution < 1.29 is 4.79 Å². The van der Waals surface area contributed by atoms with Crippen LogP contribution >= 0.6 is 0 Å². The van der Waals surface area contributed by atoms with Gasteiger partial charge >= 0.3 is 0 Å². The van der Waals surface area contributed by atoms with Gasteiger partial charge in [0.1, 0.15) is 0 Å². The monoisotopic (exact) mass is 152 g/mol. The standard InChI is InChI=1S/C10H16O/c1-3-5-7-9-10(11)8-6-4-2/h3,6,8H,1,4-5,7,9H2,2H3/b8-6+. The van der Waals surface area contributed by atoms with Crippen LogP contribution in [0.25, 0.3) is 0 Å². The van der Waals surface area contributed by atoms with Crippen LogP contribution in [-0.2, 0) is 4.79 Å². The van der Waals surface area contributed by atoms with E-state index in [1.54, 1.807) is 6.08 Å². The second-order valence-electron chi connectivity index (χ2n) is 2.46. The highest BCUT2D eigenvalue weighted by molar-refractivity contribution is 5.89. The Morgan fingerprint density at radius 1 is 1.55 bits per heavy atom. The Morgan fingerprint density at radius 3 is 2.82 bits per heavy atom. The van der Waals surface area contributed by atoms with E-state index >= 15 is 0 Å². The Morgan fingerprint density at radius 2 is 2.27 bits per heavy atom. The van der Waals surface area contributed by atoms with Crippen LogP contribution in [-0.4, -0.2) is 5.78 Å². The van der Waals surface area contributed by atoms with E-state index in [4.69, 9.17) is 0 Å². The third-order valence-electron chi connectivity index (χ3n) is 1.37. The molecule has 0 aromatic carbocycles. The van der Waals surface area contributed by atoms with Crippen LogP contribution in [0.4, 0.5) is 0 Å². The van der Waals surface area contributed by atoms with Crippen molar-refractivity contribution in [3.63, 3.8) is 0 Å². The number of allylic oxidation sites excluding steroid dienone is 3. The molecule has 1 heteroatoms. The van der Waals surface area contributed by atoms with Crippen LogP contribution in [0.1, 0.15) is 32.6 Å². The van der Waals surface area contributed by atoms with Gasteiger partial charge in [0.15, 0.2) is 5.78 Å². The molecule has 0 spiro atoms. The molecule has 0 rings (SSSR count). The third-order valence-corrected chi connectivity index (χ3v) is 1.37. The zero-order chi connectivity index (χ0) is 8.53. The SMILES string of the molecule is C=CCCCC(=O)/C=C/CC. The molecule has 0 unspecified atom stereocenters. The molecule has 0 saturated heterocycles. The summed E-state index contributed by atoms with van der Waals surface area (Å²) in [6.07, 6.45) is 8.87. The molecular weight excluding hydrogens is 136 g/mol. The van der Waals surface area contributed by atoms with E-state index in [9.17, 15) is 4.79 Å². The van der Waals surface area contributed by atoms with Crippen LogP contribution < -0.4 is 0 Å². The summed E-state index contributed by atoms with van der Waals surface area (Å²) in [5.74, 6) is 0.230. The van der Waals surface area contributed by atoms with E-state index in [1.807, 2.05) is 19.1 Å². The molecule has 0 atom stereocenters. The number of rotatable bonds is 6. The van der Waals surface area contributed by atoms with Crippen molar-refractivity contribution in [3.8, 4) is 0 Å². The van der Waals surface area contributed by atoms with Gasteiger partial charge < -0.3 is 0 Å². The van der Waals surface area contributed by atoms with Gasteiger partial charge in [-0.1, -0.05) is 19.1 Å². The van der Waals surface area contributed by atoms with Crippen LogP contribution in [0.3, 0.4) is 0 Å². The minimum absolute atomic E-state index is 0.230. The highest BCUT2D eigenvalue weighted by atomic mass is 16.1. The fraction of sp³-hybridized carbons (Fsp3) is 0.500. The van der Waals surface area contributed by atoms with Crippen molar-refractivity contribution in [2.24, 2.45) is 0 Å². The van der Waals surface area contributed by atoms with Gasteiger partial charge in [0.05, 0.1) is 0 Å². The molecule has 0 aliphatic rings. The molecule has 0 radical (unpaired) electrons. The van der Waals surface area contributed by atoms with Gasteiger partial charge in [-0.25, -0.2) is 0 Å². The van der Waals surface area contributed by atoms with Crippen molar-refractivity contribution in [3.05, 3.63) is 24.8 Å². The molecule has 0 aromatic heterocycles. The quantitative estimate of drug-likeness (QED) is 0.325. The summed E-state index contributed by atoms with van der Waals surface area (Å²) >= 11 is 0. The molecule has 0 N–H and O–H groups in total. The molecule has 0 amide bonds. The lowest BCUT2D eigenvalue weighted by Crippen LogP contribution is -1.90. The summed E-state index contributed by atoms with van der Waals surface area (Å²) in [6, 6.07) is 0. The average molecular weight is 152 g/mol. The average Bonchev–Trinajstić information content (AvgIpc) is 2.01. The fourth-order valence-corrected chi connectivity index (χ4v) is 0.753. The summed E-state index contributed by atoms with van der Waals surface area (Å²) in [5, 5.41) is 0. The number of carbonyl (C=O) groups is 1. The minimum atomic E-state index is 0.230. The molecule has 11 heavy (non-hydrogen) atoms. The van der Waals surface area contributed by atoms with Gasteiger partial charge in [-0.2, -0.15) is 0 Å². The third kappa shape index (κ3) is 7.04. The number of hydrogen-bond donors (Lipinski definition) is 0. The molecule has 0 saturated carbocycles. The number of hydrogen-bond acceptors (Lipinski definition) is 1. The molecule has 0 aromatic rings. The van der Waals surface area contributed by atoms with E-state index in [-0.39, 0.29) is 5.78 Å². The van der Waals surface area contributed by atoms with Gasteiger partial charge in [0.25, 0.3) is 0 Å². The second kappa shape index (κ2) is 7.26. The molecule has 0 aliphatic heterocycles. The first kappa shape index (κ1) is 10.2. The van der Waals surface area contributed by atoms with Gasteiger partial charge in [0.2, 0.25) is 0 Å². The summed E-state index contributed by atoms with van der Waals surface area (Å²) in [4.78, 5) is 11.0. The van der Waals surface area contributed by atoms with E-state index in [0.717, 1.165) is 19.3 Å². The van der Waals surface area contributed by atoms with Crippen molar-refractivity contribution in [2.75, 3.05) is 0 Å². The Hall–Kier alpha value is -0.850. The number of ketones is 1. The second-order valence-corrected chi connectivity index (χ2v) is 2.46. The summed E-state index contributed by atoms with van der Waals surface area (Å²) in [7, 11) is 0. The van der Waals surface area contributed by atoms with Gasteiger partial charge in [-0.3, -0.25) is 4.79 Å². The highest BCUT2D eigenvalue weighted by Gasteiger charge is 1.93. The zero-order valence-corrected chi connectivity index (χ0v) is 7.18. The first-order valence-electron chi connectivity index (χ1n) is 4.11. The maximum absolute atomic E-state index is 11.0. The Labute approximate surface area is 68.8 Å². The minimum Gasteiger partial charge on any atom is -0.295 e. The number of unbranched alkanes of at least 4 members (excludes halogenated alkanes) is 1. The predicted octanol–water partition coefficient (Wildman–Crippen LogP) is 2.88. The van der Waals surface area contributed by atoms with E-state index in [1.165, 1.54) is 0 Å². The van der Waals surface area contributed by atoms with Gasteiger partial charge in [0, 0.05) is 6.42 Å². The van der Waals surface area contributed by atoms with Crippen LogP contribution in [0.15, 0.2) is 24.8 Å². The van der Waals surface area contributed by atoms with E-state index < -0.39 is 0 Å². The lowest BCUT2D eigenvalue weighted by molar-refractivity contribution is -0.114. The first-order chi connectivity index (χ1) is 5.31. The summed E-state index contributed by atoms with van der Waals surface area (Å²) in [6.45, 7) is 5.61. The number of carbonyl (C=O) groups excluding carboxylic acids is 1. The zero-order valence-electron chi connectivity index (χ0n) is 7.18. The fourth-order valence-electron chi connectivity index (χ4n) is 0.753. The van der Waals surface area contributed by atoms with Crippen LogP contribution in [0, 0.1) is 0 Å². The normalized spacial score (nSPS) is 10.3. The first-order valence-corrected chi connectivity index (χ1v) is 4.11. The lowest BCUT2D eigenvalue weighted by atomic mass is 10.1. The Balaban J connectivity index is 3.36. The van der Waals surface area contributed by atoms with Crippen LogP contribution in [0.2, 0.25) is 0 Å². The smallest absolute Gasteiger partial charge is 0.155 e. The highest BCUT2D eigenvalue weighted by Crippen LogP contribution is 1.97. The molecule has 0 bridgehead atoms. The van der Waals surface area contributed by atoms with Crippen LogP contribution in [0.5, 0.6) is 0 Å². The largest absolute Gasteiger partial charge is 0.295 e. The summed E-state index contributed by atoms with van der Waals surface area (Å²) in [5.41, 5.74) is 0. The van der Waals surface area contributed by atoms with Gasteiger partial charge in [-0.05, 0) is 25.3 Å². The van der Waals surface area contributed by atoms with Gasteiger partial charge in [-0.15, -0.1) is 6.58 Å². The molecule has 62 valence electrons. The Bertz CT molecular complexity index is 145. The Kier molecular flexibility index (Phi) is 6.70. The summed E-state index contributed by atoms with van der Waals surface area (Å²) < 4.78 is 0. The van der Waals surface area contributed by atoms with Crippen molar-refractivity contribution in [2.45, 2.75) is 32.6 Å². The molecule has 0 aliphatic carbocycles. The van der Waals surface area contributed by atoms with Crippen molar-refractivity contribution >= 4 is 5.78 Å². The molecule has 0 heterocycles. The predicted molar refractivity (Wildman–Crippen MR) is 48.5 cm³/mol. The molecular formula is C10H16O. The van der Waals surface area contributed by atoms with E-state index in [0.29, 0.717) is 6.42 Å². The maximum Gasteiger partial charge on any atom is 0.155 e. The molecule has 1 nitrogen and oxygen atoms in total.